The van der Waals surface area contributed by atoms with Crippen LogP contribution < -0.4 is 0 Å². The summed E-state index contributed by atoms with van der Waals surface area (Å²) in [5.41, 5.74) is 0. The first-order chi connectivity index (χ1) is 3.80. The monoisotopic (exact) mass is 115 g/mol. The predicted molar refractivity (Wildman–Crippen MR) is 22.6 cm³/mol. The lowest BCUT2D eigenvalue weighted by atomic mass is 11.0. The van der Waals surface area contributed by atoms with Crippen molar-refractivity contribution in [1.29, 1.82) is 0 Å². The van der Waals surface area contributed by atoms with Gasteiger partial charge in [0.05, 0.1) is 0 Å². The van der Waals surface area contributed by atoms with E-state index in [4.69, 9.17) is 0 Å². The van der Waals surface area contributed by atoms with Crippen LogP contribution >= 0.6 is 0 Å². The molecule has 0 aromatic heterocycles. The van der Waals surface area contributed by atoms with Crippen LogP contribution in [0.25, 0.3) is 0 Å². The molecule has 0 aliphatic carbocycles. The summed E-state index contributed by atoms with van der Waals surface area (Å²) in [6.45, 7) is -0.0347. The Balaban J connectivity index is 2.48. The molecule has 0 saturated heterocycles. The average molecular weight is 115 g/mol. The number of hydrogen-bond donors (Lipinski definition) is 0. The van der Waals surface area contributed by atoms with Gasteiger partial charge in [0.25, 0.3) is 0 Å². The largest absolute Gasteiger partial charge is 0.461 e. The molecule has 5 nitrogen and oxygen atoms in total. The molecule has 0 bridgehead atoms. The standard InChI is InChI=1S/C3H3N2O3/c6-5(7)4-1-2-8-3-4/h1H,3H2. The lowest BCUT2D eigenvalue weighted by Gasteiger charge is -1.98. The number of hydrogen-bond acceptors (Lipinski definition) is 3. The van der Waals surface area contributed by atoms with Crippen LogP contribution in [0.2, 0.25) is 0 Å². The molecule has 1 rings (SSSR count). The van der Waals surface area contributed by atoms with Crippen molar-refractivity contribution < 1.29 is 9.77 Å². The maximum Gasteiger partial charge on any atom is 0.222 e. The van der Waals surface area contributed by atoms with Gasteiger partial charge in [-0.15, -0.1) is 0 Å². The van der Waals surface area contributed by atoms with Crippen LogP contribution in [0.5, 0.6) is 0 Å². The SMILES string of the molecule is O=[N+]([O-])N1C=[C]OC1. The van der Waals surface area contributed by atoms with E-state index in [9.17, 15) is 10.1 Å². The van der Waals surface area contributed by atoms with Crippen molar-refractivity contribution in [3.8, 4) is 0 Å². The van der Waals surface area contributed by atoms with Gasteiger partial charge in [-0.1, -0.05) is 5.01 Å². The highest BCUT2D eigenvalue weighted by Crippen LogP contribution is 1.97. The molecular formula is C3H3N2O3. The summed E-state index contributed by atoms with van der Waals surface area (Å²) in [5.74, 6) is 0. The molecule has 1 aliphatic heterocycles. The Labute approximate surface area is 45.3 Å². The van der Waals surface area contributed by atoms with E-state index >= 15 is 0 Å². The first-order valence-corrected chi connectivity index (χ1v) is 1.92. The first-order valence-electron chi connectivity index (χ1n) is 1.92. The van der Waals surface area contributed by atoms with Gasteiger partial charge in [0.2, 0.25) is 6.73 Å². The quantitative estimate of drug-likeness (QED) is 0.349. The highest BCUT2D eigenvalue weighted by Gasteiger charge is 2.14. The minimum Gasteiger partial charge on any atom is -0.461 e. The molecule has 5 heteroatoms. The molecule has 8 heavy (non-hydrogen) atoms. The summed E-state index contributed by atoms with van der Waals surface area (Å²) in [7, 11) is 0. The van der Waals surface area contributed by atoms with Crippen LogP contribution in [0.15, 0.2) is 6.20 Å². The van der Waals surface area contributed by atoms with E-state index in [1.54, 1.807) is 0 Å². The molecule has 1 aliphatic rings. The van der Waals surface area contributed by atoms with Crippen molar-refractivity contribution in [2.75, 3.05) is 6.73 Å². The van der Waals surface area contributed by atoms with Crippen molar-refractivity contribution in [1.82, 2.24) is 5.01 Å². The van der Waals surface area contributed by atoms with Crippen LogP contribution in [0.1, 0.15) is 0 Å². The van der Waals surface area contributed by atoms with Gasteiger partial charge >= 0.3 is 0 Å². The van der Waals surface area contributed by atoms with E-state index in [0.29, 0.717) is 0 Å². The zero-order valence-electron chi connectivity index (χ0n) is 3.90. The lowest BCUT2D eigenvalue weighted by molar-refractivity contribution is -0.643. The Bertz CT molecular complexity index is 132. The topological polar surface area (TPSA) is 55.6 Å². The lowest BCUT2D eigenvalue weighted by Crippen LogP contribution is -2.21. The van der Waals surface area contributed by atoms with E-state index in [2.05, 4.69) is 11.0 Å². The highest BCUT2D eigenvalue weighted by atomic mass is 16.7. The number of hydrazine groups is 1. The summed E-state index contributed by atoms with van der Waals surface area (Å²) in [6, 6.07) is 0. The summed E-state index contributed by atoms with van der Waals surface area (Å²) in [4.78, 5) is 9.78. The van der Waals surface area contributed by atoms with Gasteiger partial charge in [-0.25, -0.2) is 10.1 Å². The van der Waals surface area contributed by atoms with Gasteiger partial charge in [-0.3, -0.25) is 0 Å². The van der Waals surface area contributed by atoms with E-state index in [1.807, 2.05) is 0 Å². The van der Waals surface area contributed by atoms with Gasteiger partial charge in [-0.2, -0.15) is 0 Å². The van der Waals surface area contributed by atoms with E-state index in [1.165, 1.54) is 0 Å². The molecule has 0 fully saturated rings. The molecule has 0 amide bonds. The summed E-state index contributed by atoms with van der Waals surface area (Å²) in [6.07, 6.45) is 3.35. The van der Waals surface area contributed by atoms with Crippen molar-refractivity contribution in [2.24, 2.45) is 0 Å². The third-order valence-corrected chi connectivity index (χ3v) is 0.692. The van der Waals surface area contributed by atoms with Crippen molar-refractivity contribution >= 4 is 0 Å². The Morgan fingerprint density at radius 3 is 3.00 bits per heavy atom. The maximum atomic E-state index is 9.78. The van der Waals surface area contributed by atoms with E-state index < -0.39 is 5.03 Å². The van der Waals surface area contributed by atoms with Gasteiger partial charge in [0.15, 0.2) is 11.3 Å². The number of rotatable bonds is 1. The zero-order chi connectivity index (χ0) is 5.98. The van der Waals surface area contributed by atoms with Crippen LogP contribution in [0.4, 0.5) is 0 Å². The molecule has 1 heterocycles. The van der Waals surface area contributed by atoms with Crippen molar-refractivity contribution in [3.63, 3.8) is 0 Å². The Hall–Kier alpha value is -1.26. The van der Waals surface area contributed by atoms with Crippen LogP contribution in [-0.4, -0.2) is 16.8 Å². The summed E-state index contributed by atoms with van der Waals surface area (Å²) < 4.78 is 4.40. The maximum absolute atomic E-state index is 9.78. The predicted octanol–water partition coefficient (Wildman–Crippen LogP) is -0.258. The molecule has 0 spiro atoms. The molecular weight excluding hydrogens is 112 g/mol. The second-order valence-electron chi connectivity index (χ2n) is 1.20. The van der Waals surface area contributed by atoms with Gasteiger partial charge in [0, 0.05) is 0 Å². The Kier molecular flexibility index (Phi) is 1.03. The van der Waals surface area contributed by atoms with Crippen molar-refractivity contribution in [3.05, 3.63) is 22.6 Å². The molecule has 0 aromatic carbocycles. The zero-order valence-corrected chi connectivity index (χ0v) is 3.90. The van der Waals surface area contributed by atoms with Crippen LogP contribution in [0, 0.1) is 16.4 Å². The fourth-order valence-corrected chi connectivity index (χ4v) is 0.333. The Morgan fingerprint density at radius 2 is 2.75 bits per heavy atom. The van der Waals surface area contributed by atoms with Crippen LogP contribution in [-0.2, 0) is 4.74 Å². The minimum absolute atomic E-state index is 0.0347. The second kappa shape index (κ2) is 1.69. The first kappa shape index (κ1) is 4.89. The second-order valence-corrected chi connectivity index (χ2v) is 1.20. The molecule has 0 N–H and O–H groups in total. The Morgan fingerprint density at radius 1 is 2.00 bits per heavy atom. The highest BCUT2D eigenvalue weighted by molar-refractivity contribution is 4.65. The van der Waals surface area contributed by atoms with E-state index in [-0.39, 0.29) is 6.73 Å². The molecule has 0 saturated carbocycles. The van der Waals surface area contributed by atoms with Crippen LogP contribution in [0.3, 0.4) is 0 Å². The smallest absolute Gasteiger partial charge is 0.222 e. The molecule has 0 aromatic rings. The van der Waals surface area contributed by atoms with Gasteiger partial charge < -0.3 is 4.74 Å². The number of ether oxygens (including phenoxy) is 1. The third-order valence-electron chi connectivity index (χ3n) is 0.692. The molecule has 43 valence electrons. The molecule has 1 radical (unpaired) electrons. The summed E-state index contributed by atoms with van der Waals surface area (Å²) in [5, 5.41) is 10.0. The average Bonchev–Trinajstić information content (AvgIpc) is 2.12. The van der Waals surface area contributed by atoms with Crippen molar-refractivity contribution in [2.45, 2.75) is 0 Å². The van der Waals surface area contributed by atoms with Gasteiger partial charge in [0.1, 0.15) is 6.20 Å². The minimum atomic E-state index is -0.569. The number of nitro groups is 1. The summed E-state index contributed by atoms with van der Waals surface area (Å²) >= 11 is 0. The van der Waals surface area contributed by atoms with Gasteiger partial charge in [-0.05, 0) is 0 Å². The fraction of sp³-hybridized carbons (Fsp3) is 0.333. The number of nitrogens with zero attached hydrogens (tertiary/aromatic N) is 2. The fourth-order valence-electron chi connectivity index (χ4n) is 0.333. The molecule has 0 atom stereocenters. The normalized spacial score (nSPS) is 16.2. The third kappa shape index (κ3) is 0.699. The van der Waals surface area contributed by atoms with E-state index in [0.717, 1.165) is 11.2 Å². The molecule has 0 unspecified atom stereocenters.